The summed E-state index contributed by atoms with van der Waals surface area (Å²) in [6.07, 6.45) is 9.74. The van der Waals surface area contributed by atoms with Gasteiger partial charge in [-0.25, -0.2) is 4.79 Å². The van der Waals surface area contributed by atoms with Gasteiger partial charge in [-0.1, -0.05) is 6.42 Å². The van der Waals surface area contributed by atoms with Crippen LogP contribution in [0.2, 0.25) is 0 Å². The van der Waals surface area contributed by atoms with Crippen molar-refractivity contribution < 1.29 is 24.3 Å². The highest BCUT2D eigenvalue weighted by atomic mass is 32.2. The number of urea groups is 1. The molecule has 7 N–H and O–H groups in total. The van der Waals surface area contributed by atoms with E-state index in [0.29, 0.717) is 37.7 Å². The van der Waals surface area contributed by atoms with Crippen LogP contribution < -0.4 is 27.0 Å². The van der Waals surface area contributed by atoms with Gasteiger partial charge in [-0.15, -0.1) is 11.8 Å². The summed E-state index contributed by atoms with van der Waals surface area (Å²) in [6, 6.07) is -0.324. The minimum Gasteiger partial charge on any atom is -0.370 e. The van der Waals surface area contributed by atoms with Crippen molar-refractivity contribution in [3.63, 3.8) is 0 Å². The number of unbranched alkanes of at least 4 members (excludes halogenated alkanes) is 2. The highest BCUT2D eigenvalue weighted by Gasteiger charge is 2.64. The Morgan fingerprint density at radius 3 is 2.52 bits per heavy atom. The summed E-state index contributed by atoms with van der Waals surface area (Å²) < 4.78 is 0. The van der Waals surface area contributed by atoms with Gasteiger partial charge in [-0.3, -0.25) is 19.4 Å². The first-order valence-corrected chi connectivity index (χ1v) is 15.4. The van der Waals surface area contributed by atoms with Crippen LogP contribution in [-0.4, -0.2) is 88.7 Å². The molecule has 0 radical (unpaired) electrons. The minimum atomic E-state index is -0.967. The first kappa shape index (κ1) is 30.3. The topological polar surface area (TPSA) is 178 Å². The molecule has 222 valence electrons. The molecule has 4 aliphatic rings. The fourth-order valence-electron chi connectivity index (χ4n) is 6.11. The highest BCUT2D eigenvalue weighted by molar-refractivity contribution is 8.00. The fourth-order valence-corrected chi connectivity index (χ4v) is 7.81. The Hall–Kier alpha value is -2.64. The molecule has 4 rings (SSSR count). The summed E-state index contributed by atoms with van der Waals surface area (Å²) in [6.45, 7) is 5.31. The van der Waals surface area contributed by atoms with E-state index in [9.17, 15) is 24.3 Å². The second-order valence-electron chi connectivity index (χ2n) is 11.3. The Bertz CT molecular complexity index is 1000. The van der Waals surface area contributed by atoms with Crippen LogP contribution >= 0.6 is 11.8 Å². The van der Waals surface area contributed by atoms with Crippen LogP contribution in [0.5, 0.6) is 0 Å². The van der Waals surface area contributed by atoms with Crippen molar-refractivity contribution in [3.8, 4) is 0 Å². The maximum Gasteiger partial charge on any atom is 0.318 e. The predicted molar refractivity (Wildman–Crippen MR) is 153 cm³/mol. The summed E-state index contributed by atoms with van der Waals surface area (Å²) in [5.74, 6) is 0.824. The Morgan fingerprint density at radius 1 is 1.12 bits per heavy atom. The number of aliphatic hydroxyl groups is 1. The van der Waals surface area contributed by atoms with Crippen molar-refractivity contribution >= 4 is 42.2 Å². The average molecular weight is 578 g/mol. The number of hydrogen-bond acceptors (Lipinski definition) is 8. The van der Waals surface area contributed by atoms with Crippen LogP contribution in [0.15, 0.2) is 17.1 Å². The number of nitrogens with one attached hydrogen (secondary N) is 4. The molecule has 0 spiro atoms. The largest absolute Gasteiger partial charge is 0.370 e. The zero-order chi connectivity index (χ0) is 28.8. The number of hydrogen-bond donors (Lipinski definition) is 6. The van der Waals surface area contributed by atoms with Crippen molar-refractivity contribution in [2.75, 3.05) is 25.4 Å². The van der Waals surface area contributed by atoms with Gasteiger partial charge in [0.25, 0.3) is 0 Å². The van der Waals surface area contributed by atoms with E-state index in [2.05, 4.69) is 33.0 Å². The molecule has 0 aromatic carbocycles. The number of thioether (sulfide) groups is 1. The van der Waals surface area contributed by atoms with Crippen molar-refractivity contribution in [2.24, 2.45) is 22.6 Å². The van der Waals surface area contributed by atoms with E-state index in [1.54, 1.807) is 11.8 Å². The van der Waals surface area contributed by atoms with Crippen LogP contribution in [0, 0.1) is 11.8 Å². The van der Waals surface area contributed by atoms with Gasteiger partial charge < -0.3 is 37.0 Å². The van der Waals surface area contributed by atoms with E-state index in [1.807, 2.05) is 0 Å². The highest BCUT2D eigenvalue weighted by Crippen LogP contribution is 2.45. The monoisotopic (exact) mass is 577 g/mol. The first-order valence-electron chi connectivity index (χ1n) is 14.4. The number of fused-ring (bicyclic) bond motifs is 1. The number of rotatable bonds is 14. The van der Waals surface area contributed by atoms with E-state index < -0.39 is 17.6 Å². The van der Waals surface area contributed by atoms with E-state index in [4.69, 9.17) is 5.73 Å². The third-order valence-electron chi connectivity index (χ3n) is 8.63. The van der Waals surface area contributed by atoms with Gasteiger partial charge in [0.2, 0.25) is 17.7 Å². The normalized spacial score (nSPS) is 32.9. The molecule has 2 saturated heterocycles. The van der Waals surface area contributed by atoms with Gasteiger partial charge in [0.1, 0.15) is 11.9 Å². The fraction of sp³-hybridized carbons (Fsp3) is 0.741. The number of aliphatic hydroxyl groups excluding tert-OH is 1. The number of nitrogens with two attached hydrogens (primary N) is 1. The third kappa shape index (κ3) is 6.80. The molecule has 3 fully saturated rings. The van der Waals surface area contributed by atoms with E-state index >= 15 is 0 Å². The molecule has 1 saturated carbocycles. The van der Waals surface area contributed by atoms with E-state index in [-0.39, 0.29) is 34.9 Å². The molecule has 40 heavy (non-hydrogen) atoms. The number of nitrogens with zero attached hydrogens (tertiary/aromatic N) is 2. The van der Waals surface area contributed by atoms with Crippen molar-refractivity contribution in [3.05, 3.63) is 12.2 Å². The maximum absolute atomic E-state index is 12.5. The lowest BCUT2D eigenvalue weighted by Crippen LogP contribution is -2.67. The Balaban J connectivity index is 0.999. The summed E-state index contributed by atoms with van der Waals surface area (Å²) in [5.41, 5.74) is 4.67. The van der Waals surface area contributed by atoms with Gasteiger partial charge in [-0.2, -0.15) is 0 Å². The molecule has 4 atom stereocenters. The maximum atomic E-state index is 12.5. The smallest absolute Gasteiger partial charge is 0.318 e. The van der Waals surface area contributed by atoms with E-state index in [0.717, 1.165) is 57.8 Å². The standard InChI is InChI=1S/C27H43N7O5S/c1-29-26-17-40-20(27(26,28)33-25(39)32-26)6-2-3-7-21(35)30-14-4-5-15-31-24(38)19-10-8-18(9-11-19)16-34-22(36)12-13-23(34)37/h12-13,18-20,22,36H,1-11,14-17,28H2,(H,30,35)(H,31,38)(H2,32,33,39)/t18?,19?,20?,22?,26-,27+/m0/s1. The third-order valence-corrected chi connectivity index (χ3v) is 10.2. The quantitative estimate of drug-likeness (QED) is 0.0992. The van der Waals surface area contributed by atoms with Crippen molar-refractivity contribution in [1.82, 2.24) is 26.2 Å². The molecular weight excluding hydrogens is 534 g/mol. The number of carbonyl (C=O) groups excluding carboxylic acids is 4. The van der Waals surface area contributed by atoms with E-state index in [1.165, 1.54) is 17.1 Å². The molecule has 3 heterocycles. The minimum absolute atomic E-state index is 0.00238. The average Bonchev–Trinajstić information content (AvgIpc) is 3.49. The lowest BCUT2D eigenvalue weighted by atomic mass is 9.81. The van der Waals surface area contributed by atoms with Crippen LogP contribution in [0.25, 0.3) is 0 Å². The zero-order valence-electron chi connectivity index (χ0n) is 23.0. The molecular formula is C27H43N7O5S. The Kier molecular flexibility index (Phi) is 10.1. The number of aliphatic imine (C=N–C) groups is 1. The molecule has 0 aromatic rings. The molecule has 0 aromatic heterocycles. The summed E-state index contributed by atoms with van der Waals surface area (Å²) in [4.78, 5) is 54.0. The lowest BCUT2D eigenvalue weighted by molar-refractivity contribution is -0.133. The molecule has 13 heteroatoms. The van der Waals surface area contributed by atoms with Gasteiger partial charge >= 0.3 is 6.03 Å². The zero-order valence-corrected chi connectivity index (χ0v) is 23.8. The van der Waals surface area contributed by atoms with Crippen LogP contribution in [-0.2, 0) is 14.4 Å². The molecule has 1 aliphatic carbocycles. The van der Waals surface area contributed by atoms with Gasteiger partial charge in [0, 0.05) is 49.1 Å². The molecule has 2 unspecified atom stereocenters. The summed E-state index contributed by atoms with van der Waals surface area (Å²) in [5, 5.41) is 21.5. The van der Waals surface area contributed by atoms with Gasteiger partial charge in [0.05, 0.1) is 0 Å². The molecule has 3 aliphatic heterocycles. The van der Waals surface area contributed by atoms with Crippen molar-refractivity contribution in [1.29, 1.82) is 0 Å². The number of carbonyl (C=O) groups is 4. The van der Waals surface area contributed by atoms with Crippen LogP contribution in [0.1, 0.15) is 64.2 Å². The van der Waals surface area contributed by atoms with Gasteiger partial charge in [-0.05, 0) is 70.1 Å². The first-order chi connectivity index (χ1) is 19.2. The molecule has 12 nitrogen and oxygen atoms in total. The summed E-state index contributed by atoms with van der Waals surface area (Å²) in [7, 11) is 0. The Morgan fingerprint density at radius 2 is 1.85 bits per heavy atom. The summed E-state index contributed by atoms with van der Waals surface area (Å²) >= 11 is 1.67. The second-order valence-corrected chi connectivity index (χ2v) is 12.5. The van der Waals surface area contributed by atoms with Crippen molar-refractivity contribution in [2.45, 2.75) is 87.0 Å². The lowest BCUT2D eigenvalue weighted by Gasteiger charge is -2.34. The van der Waals surface area contributed by atoms with Gasteiger partial charge in [0.15, 0.2) is 5.66 Å². The van der Waals surface area contributed by atoms with Crippen LogP contribution in [0.4, 0.5) is 4.79 Å². The Labute approximate surface area is 239 Å². The number of amides is 5. The second kappa shape index (κ2) is 13.3. The SMILES string of the molecule is C=N[C@]12CSC(CCCCC(=O)NCCCCNC(=O)C3CCC(CN4C(=O)C=CC4O)CC3)[C@@]1(N)NC(=O)N2. The molecule has 5 amide bonds. The molecule has 0 bridgehead atoms. The van der Waals surface area contributed by atoms with Crippen LogP contribution in [0.3, 0.4) is 0 Å². The predicted octanol–water partition coefficient (Wildman–Crippen LogP) is 0.563.